The average Bonchev–Trinajstić information content (AvgIpc) is 2.47. The monoisotopic (exact) mass is 308 g/mol. The van der Waals surface area contributed by atoms with Gasteiger partial charge in [0.25, 0.3) is 0 Å². The maximum Gasteiger partial charge on any atom is 0.226 e. The SMILES string of the molecule is CCCCCCCC(=O)NC(=S)Nc1ccccc1OC. The molecule has 0 saturated carbocycles. The fourth-order valence-electron chi connectivity index (χ4n) is 1.98. The number of nitrogens with one attached hydrogen (secondary N) is 2. The Balaban J connectivity index is 2.31. The van der Waals surface area contributed by atoms with Gasteiger partial charge in [-0.1, -0.05) is 44.7 Å². The molecule has 0 fully saturated rings. The number of methoxy groups -OCH3 is 1. The summed E-state index contributed by atoms with van der Waals surface area (Å²) < 4.78 is 5.22. The van der Waals surface area contributed by atoms with E-state index in [9.17, 15) is 4.79 Å². The maximum absolute atomic E-state index is 11.8. The summed E-state index contributed by atoms with van der Waals surface area (Å²) in [7, 11) is 1.60. The van der Waals surface area contributed by atoms with Crippen LogP contribution in [0.25, 0.3) is 0 Å². The first-order valence-corrected chi connectivity index (χ1v) is 7.82. The van der Waals surface area contributed by atoms with Gasteiger partial charge in [0.1, 0.15) is 5.75 Å². The number of thiocarbonyl (C=S) groups is 1. The quantitative estimate of drug-likeness (QED) is 0.565. The first kappa shape index (κ1) is 17.4. The standard InChI is InChI=1S/C16H24N2O2S/c1-3-4-5-6-7-12-15(19)18-16(21)17-13-10-8-9-11-14(13)20-2/h8-11H,3-7,12H2,1-2H3,(H2,17,18,19,21). The Labute approximate surface area is 132 Å². The predicted molar refractivity (Wildman–Crippen MR) is 90.7 cm³/mol. The Hall–Kier alpha value is -1.62. The third-order valence-corrected chi connectivity index (χ3v) is 3.32. The summed E-state index contributed by atoms with van der Waals surface area (Å²) in [6.45, 7) is 2.18. The van der Waals surface area contributed by atoms with Crippen LogP contribution >= 0.6 is 12.2 Å². The van der Waals surface area contributed by atoms with Gasteiger partial charge in [0.2, 0.25) is 5.91 Å². The molecule has 0 saturated heterocycles. The van der Waals surface area contributed by atoms with E-state index in [1.165, 1.54) is 19.3 Å². The number of unbranched alkanes of at least 4 members (excludes halogenated alkanes) is 4. The molecule has 21 heavy (non-hydrogen) atoms. The van der Waals surface area contributed by atoms with E-state index < -0.39 is 0 Å². The summed E-state index contributed by atoms with van der Waals surface area (Å²) in [5.41, 5.74) is 0.744. The van der Waals surface area contributed by atoms with Crippen LogP contribution in [0.2, 0.25) is 0 Å². The molecule has 1 rings (SSSR count). The molecule has 1 aromatic carbocycles. The fourth-order valence-corrected chi connectivity index (χ4v) is 2.20. The van der Waals surface area contributed by atoms with Crippen molar-refractivity contribution in [3.63, 3.8) is 0 Å². The van der Waals surface area contributed by atoms with Gasteiger partial charge in [0.05, 0.1) is 12.8 Å². The van der Waals surface area contributed by atoms with Crippen molar-refractivity contribution < 1.29 is 9.53 Å². The lowest BCUT2D eigenvalue weighted by Gasteiger charge is -2.12. The van der Waals surface area contributed by atoms with Crippen LogP contribution in [0.3, 0.4) is 0 Å². The topological polar surface area (TPSA) is 50.4 Å². The van der Waals surface area contributed by atoms with E-state index in [0.717, 1.165) is 18.5 Å². The van der Waals surface area contributed by atoms with Crippen molar-refractivity contribution >= 4 is 28.9 Å². The largest absolute Gasteiger partial charge is 0.495 e. The molecule has 0 unspecified atom stereocenters. The molecular formula is C16H24N2O2S. The van der Waals surface area contributed by atoms with Crippen molar-refractivity contribution in [3.05, 3.63) is 24.3 Å². The Kier molecular flexibility index (Phi) is 8.43. The Bertz CT molecular complexity index is 463. The van der Waals surface area contributed by atoms with Crippen LogP contribution < -0.4 is 15.4 Å². The molecule has 2 N–H and O–H groups in total. The molecule has 116 valence electrons. The maximum atomic E-state index is 11.8. The predicted octanol–water partition coefficient (Wildman–Crippen LogP) is 3.87. The molecule has 0 heterocycles. The summed E-state index contributed by atoms with van der Waals surface area (Å²) in [5.74, 6) is 0.646. The van der Waals surface area contributed by atoms with Gasteiger partial charge in [-0.3, -0.25) is 4.79 Å². The molecule has 0 aliphatic rings. The summed E-state index contributed by atoms with van der Waals surface area (Å²) in [6, 6.07) is 7.44. The minimum absolute atomic E-state index is 0.0427. The molecule has 0 aliphatic carbocycles. The number of anilines is 1. The van der Waals surface area contributed by atoms with Gasteiger partial charge in [-0.15, -0.1) is 0 Å². The molecule has 0 atom stereocenters. The van der Waals surface area contributed by atoms with Crippen LogP contribution in [0.5, 0.6) is 5.75 Å². The fraction of sp³-hybridized carbons (Fsp3) is 0.500. The van der Waals surface area contributed by atoms with Crippen molar-refractivity contribution in [2.75, 3.05) is 12.4 Å². The highest BCUT2D eigenvalue weighted by atomic mass is 32.1. The van der Waals surface area contributed by atoms with Crippen molar-refractivity contribution in [1.29, 1.82) is 0 Å². The number of carbonyl (C=O) groups is 1. The molecule has 1 amide bonds. The van der Waals surface area contributed by atoms with Gasteiger partial charge >= 0.3 is 0 Å². The lowest BCUT2D eigenvalue weighted by Crippen LogP contribution is -2.34. The normalized spacial score (nSPS) is 10.0. The smallest absolute Gasteiger partial charge is 0.226 e. The Morgan fingerprint density at radius 1 is 1.19 bits per heavy atom. The zero-order valence-corrected chi connectivity index (χ0v) is 13.6. The second-order valence-electron chi connectivity index (χ2n) is 4.87. The van der Waals surface area contributed by atoms with Gasteiger partial charge in [-0.25, -0.2) is 0 Å². The van der Waals surface area contributed by atoms with Crippen LogP contribution in [-0.2, 0) is 4.79 Å². The number of amides is 1. The molecule has 0 spiro atoms. The van der Waals surface area contributed by atoms with E-state index in [-0.39, 0.29) is 5.91 Å². The third kappa shape index (κ3) is 7.09. The summed E-state index contributed by atoms with van der Waals surface area (Å²) in [6.07, 6.45) is 6.14. The first-order valence-electron chi connectivity index (χ1n) is 7.41. The van der Waals surface area contributed by atoms with Crippen molar-refractivity contribution in [3.8, 4) is 5.75 Å². The lowest BCUT2D eigenvalue weighted by molar-refractivity contribution is -0.119. The average molecular weight is 308 g/mol. The molecular weight excluding hydrogens is 284 g/mol. The molecule has 1 aromatic rings. The van der Waals surface area contributed by atoms with E-state index in [0.29, 0.717) is 17.3 Å². The van der Waals surface area contributed by atoms with E-state index in [1.807, 2.05) is 24.3 Å². The van der Waals surface area contributed by atoms with Gasteiger partial charge in [0, 0.05) is 6.42 Å². The molecule has 0 bridgehead atoms. The number of carbonyl (C=O) groups excluding carboxylic acids is 1. The lowest BCUT2D eigenvalue weighted by atomic mass is 10.1. The number of ether oxygens (including phenoxy) is 1. The molecule has 0 radical (unpaired) electrons. The highest BCUT2D eigenvalue weighted by Gasteiger charge is 2.07. The first-order chi connectivity index (χ1) is 10.2. The number of rotatable bonds is 8. The van der Waals surface area contributed by atoms with Gasteiger partial charge in [0.15, 0.2) is 5.11 Å². The summed E-state index contributed by atoms with van der Waals surface area (Å²) in [5, 5.41) is 5.98. The number of para-hydroxylation sites is 2. The number of hydrogen-bond acceptors (Lipinski definition) is 3. The van der Waals surface area contributed by atoms with Crippen molar-refractivity contribution in [2.24, 2.45) is 0 Å². The minimum Gasteiger partial charge on any atom is -0.495 e. The number of hydrogen-bond donors (Lipinski definition) is 2. The highest BCUT2D eigenvalue weighted by Crippen LogP contribution is 2.22. The Morgan fingerprint density at radius 2 is 1.90 bits per heavy atom. The van der Waals surface area contributed by atoms with Crippen LogP contribution in [0, 0.1) is 0 Å². The summed E-state index contributed by atoms with van der Waals surface area (Å²) in [4.78, 5) is 11.8. The molecule has 0 aliphatic heterocycles. The zero-order valence-electron chi connectivity index (χ0n) is 12.8. The summed E-state index contributed by atoms with van der Waals surface area (Å²) >= 11 is 5.14. The second kappa shape index (κ2) is 10.2. The molecule has 4 nitrogen and oxygen atoms in total. The van der Waals surface area contributed by atoms with Crippen LogP contribution in [0.15, 0.2) is 24.3 Å². The van der Waals surface area contributed by atoms with Crippen LogP contribution in [0.1, 0.15) is 45.4 Å². The molecule has 0 aromatic heterocycles. The Morgan fingerprint density at radius 3 is 2.62 bits per heavy atom. The third-order valence-electron chi connectivity index (χ3n) is 3.12. The van der Waals surface area contributed by atoms with Gasteiger partial charge in [-0.2, -0.15) is 0 Å². The van der Waals surface area contributed by atoms with E-state index >= 15 is 0 Å². The minimum atomic E-state index is -0.0427. The number of benzene rings is 1. The van der Waals surface area contributed by atoms with Crippen LogP contribution in [0.4, 0.5) is 5.69 Å². The van der Waals surface area contributed by atoms with Gasteiger partial charge < -0.3 is 15.4 Å². The van der Waals surface area contributed by atoms with Crippen LogP contribution in [-0.4, -0.2) is 18.1 Å². The van der Waals surface area contributed by atoms with E-state index in [1.54, 1.807) is 7.11 Å². The van der Waals surface area contributed by atoms with E-state index in [4.69, 9.17) is 17.0 Å². The van der Waals surface area contributed by atoms with Crippen molar-refractivity contribution in [2.45, 2.75) is 45.4 Å². The molecule has 5 heteroatoms. The second-order valence-corrected chi connectivity index (χ2v) is 5.28. The zero-order chi connectivity index (χ0) is 15.5. The van der Waals surface area contributed by atoms with Gasteiger partial charge in [-0.05, 0) is 30.8 Å². The highest BCUT2D eigenvalue weighted by molar-refractivity contribution is 7.80. The van der Waals surface area contributed by atoms with E-state index in [2.05, 4.69) is 17.6 Å². The van der Waals surface area contributed by atoms with Crippen molar-refractivity contribution in [1.82, 2.24) is 5.32 Å².